The molecule has 0 aliphatic carbocycles. The van der Waals surface area contributed by atoms with E-state index in [1.165, 1.54) is 6.33 Å². The van der Waals surface area contributed by atoms with Gasteiger partial charge >= 0.3 is 5.97 Å². The number of esters is 1. The Kier molecular flexibility index (Phi) is 5.12. The van der Waals surface area contributed by atoms with Crippen LogP contribution in [0, 0.1) is 0 Å². The molecule has 0 atom stereocenters. The van der Waals surface area contributed by atoms with Crippen LogP contribution in [0.3, 0.4) is 0 Å². The predicted molar refractivity (Wildman–Crippen MR) is 46.2 cm³/mol. The van der Waals surface area contributed by atoms with Crippen molar-refractivity contribution in [1.82, 2.24) is 9.97 Å². The molecule has 0 spiro atoms. The second-order valence-electron chi connectivity index (χ2n) is 2.06. The summed E-state index contributed by atoms with van der Waals surface area (Å²) in [7, 11) is 0. The van der Waals surface area contributed by atoms with Crippen molar-refractivity contribution in [3.63, 3.8) is 0 Å². The number of carbonyl (C=O) groups is 1. The lowest BCUT2D eigenvalue weighted by molar-refractivity contribution is -0.142. The number of hydrogen-bond acceptors (Lipinski definition) is 3. The smallest absolute Gasteiger partial charge is 0.311 e. The van der Waals surface area contributed by atoms with Crippen molar-refractivity contribution in [2.24, 2.45) is 0 Å². The van der Waals surface area contributed by atoms with E-state index >= 15 is 0 Å². The zero-order chi connectivity index (χ0) is 8.10. The Bertz CT molecular complexity index is 223. The molecule has 1 rings (SSSR count). The Hall–Kier alpha value is -1.03. The van der Waals surface area contributed by atoms with Crippen LogP contribution in [0.25, 0.3) is 0 Å². The maximum atomic E-state index is 10.8. The quantitative estimate of drug-likeness (QED) is 0.722. The first-order chi connectivity index (χ1) is 5.33. The number of hydrogen-bond donors (Lipinski definition) is 1. The third kappa shape index (κ3) is 3.39. The predicted octanol–water partition coefficient (Wildman–Crippen LogP) is 0.937. The van der Waals surface area contributed by atoms with E-state index in [4.69, 9.17) is 4.74 Å². The minimum atomic E-state index is -0.225. The van der Waals surface area contributed by atoms with Crippen LogP contribution in [0.4, 0.5) is 0 Å². The summed E-state index contributed by atoms with van der Waals surface area (Å²) in [4.78, 5) is 17.4. The van der Waals surface area contributed by atoms with Gasteiger partial charge in [0, 0.05) is 11.9 Å². The summed E-state index contributed by atoms with van der Waals surface area (Å²) in [6, 6.07) is 0. The highest BCUT2D eigenvalue weighted by Gasteiger charge is 2.03. The Morgan fingerprint density at radius 2 is 2.50 bits per heavy atom. The van der Waals surface area contributed by atoms with Crippen molar-refractivity contribution in [2.75, 3.05) is 6.61 Å². The third-order valence-corrected chi connectivity index (χ3v) is 1.19. The van der Waals surface area contributed by atoms with E-state index in [2.05, 4.69) is 9.97 Å². The molecule has 68 valence electrons. The van der Waals surface area contributed by atoms with Crippen LogP contribution in [0.1, 0.15) is 12.6 Å². The van der Waals surface area contributed by atoms with Crippen LogP contribution in [0.5, 0.6) is 0 Å². The number of nitrogens with one attached hydrogen (secondary N) is 1. The topological polar surface area (TPSA) is 55.0 Å². The molecule has 1 aromatic heterocycles. The number of rotatable bonds is 3. The van der Waals surface area contributed by atoms with Crippen molar-refractivity contribution in [2.45, 2.75) is 13.3 Å². The van der Waals surface area contributed by atoms with Crippen LogP contribution in [0.15, 0.2) is 12.5 Å². The zero-order valence-corrected chi connectivity index (χ0v) is 7.56. The maximum Gasteiger partial charge on any atom is 0.311 e. The largest absolute Gasteiger partial charge is 0.466 e. The fourth-order valence-corrected chi connectivity index (χ4v) is 0.749. The molecule has 0 amide bonds. The SMILES string of the molecule is CCOC(=O)Cc1cnc[nH]1.Cl. The van der Waals surface area contributed by atoms with Gasteiger partial charge < -0.3 is 9.72 Å². The summed E-state index contributed by atoms with van der Waals surface area (Å²) >= 11 is 0. The molecule has 0 unspecified atom stereocenters. The first kappa shape index (κ1) is 11.0. The van der Waals surface area contributed by atoms with E-state index in [9.17, 15) is 4.79 Å². The average Bonchev–Trinajstić information content (AvgIpc) is 2.40. The molecule has 0 saturated carbocycles. The fraction of sp³-hybridized carbons (Fsp3) is 0.429. The highest BCUT2D eigenvalue weighted by molar-refractivity contribution is 5.85. The molecule has 1 aromatic rings. The molecule has 12 heavy (non-hydrogen) atoms. The van der Waals surface area contributed by atoms with Crippen molar-refractivity contribution < 1.29 is 9.53 Å². The van der Waals surface area contributed by atoms with Gasteiger partial charge in [0.15, 0.2) is 0 Å². The summed E-state index contributed by atoms with van der Waals surface area (Å²) in [6.45, 7) is 2.21. The first-order valence-corrected chi connectivity index (χ1v) is 3.45. The lowest BCUT2D eigenvalue weighted by Crippen LogP contribution is -2.07. The Balaban J connectivity index is 0.00000121. The van der Waals surface area contributed by atoms with Gasteiger partial charge in [-0.3, -0.25) is 4.79 Å². The molecular weight excluding hydrogens is 180 g/mol. The number of aromatic amines is 1. The monoisotopic (exact) mass is 190 g/mol. The molecule has 0 radical (unpaired) electrons. The van der Waals surface area contributed by atoms with Gasteiger partial charge in [0.1, 0.15) is 0 Å². The lowest BCUT2D eigenvalue weighted by atomic mass is 10.3. The van der Waals surface area contributed by atoms with E-state index in [1.54, 1.807) is 13.1 Å². The minimum absolute atomic E-state index is 0. The van der Waals surface area contributed by atoms with E-state index < -0.39 is 0 Å². The number of imidazole rings is 1. The number of carbonyl (C=O) groups excluding carboxylic acids is 1. The minimum Gasteiger partial charge on any atom is -0.466 e. The van der Waals surface area contributed by atoms with Gasteiger partial charge in [-0.2, -0.15) is 0 Å². The zero-order valence-electron chi connectivity index (χ0n) is 6.74. The summed E-state index contributed by atoms with van der Waals surface area (Å²) in [5, 5.41) is 0. The molecule has 0 aliphatic rings. The molecule has 5 heteroatoms. The number of nitrogens with zero attached hydrogens (tertiary/aromatic N) is 1. The molecule has 0 bridgehead atoms. The number of aromatic nitrogens is 2. The average molecular weight is 191 g/mol. The van der Waals surface area contributed by atoms with Crippen LogP contribution in [0.2, 0.25) is 0 Å². The molecule has 0 saturated heterocycles. The van der Waals surface area contributed by atoms with Crippen molar-refractivity contribution >= 4 is 18.4 Å². The van der Waals surface area contributed by atoms with E-state index in [0.29, 0.717) is 6.61 Å². The molecule has 1 heterocycles. The van der Waals surface area contributed by atoms with Gasteiger partial charge in [-0.1, -0.05) is 0 Å². The van der Waals surface area contributed by atoms with Gasteiger partial charge in [0.2, 0.25) is 0 Å². The highest BCUT2D eigenvalue weighted by atomic mass is 35.5. The number of ether oxygens (including phenoxy) is 1. The normalized spacial score (nSPS) is 8.75. The second kappa shape index (κ2) is 5.60. The highest BCUT2D eigenvalue weighted by Crippen LogP contribution is 1.93. The summed E-state index contributed by atoms with van der Waals surface area (Å²) in [6.07, 6.45) is 3.42. The van der Waals surface area contributed by atoms with Gasteiger partial charge in [0.05, 0.1) is 19.4 Å². The molecule has 1 N–H and O–H groups in total. The van der Waals surface area contributed by atoms with Crippen LogP contribution < -0.4 is 0 Å². The number of H-pyrrole nitrogens is 1. The lowest BCUT2D eigenvalue weighted by Gasteiger charge is -1.97. The summed E-state index contributed by atoms with van der Waals surface area (Å²) in [5.41, 5.74) is 0.781. The van der Waals surface area contributed by atoms with Crippen molar-refractivity contribution in [3.8, 4) is 0 Å². The molecular formula is C7H11ClN2O2. The van der Waals surface area contributed by atoms with E-state index in [1.807, 2.05) is 0 Å². The Morgan fingerprint density at radius 1 is 1.75 bits per heavy atom. The standard InChI is InChI=1S/C7H10N2O2.ClH/c1-2-11-7(10)3-6-4-8-5-9-6;/h4-5H,2-3H2,1H3,(H,8,9);1H. The first-order valence-electron chi connectivity index (χ1n) is 3.45. The maximum absolute atomic E-state index is 10.8. The van der Waals surface area contributed by atoms with Gasteiger partial charge in [0.25, 0.3) is 0 Å². The van der Waals surface area contributed by atoms with E-state index in [0.717, 1.165) is 5.69 Å². The fourth-order valence-electron chi connectivity index (χ4n) is 0.749. The molecule has 4 nitrogen and oxygen atoms in total. The van der Waals surface area contributed by atoms with Gasteiger partial charge in [-0.05, 0) is 6.92 Å². The second-order valence-corrected chi connectivity index (χ2v) is 2.06. The van der Waals surface area contributed by atoms with E-state index in [-0.39, 0.29) is 24.8 Å². The van der Waals surface area contributed by atoms with Crippen molar-refractivity contribution in [1.29, 1.82) is 0 Å². The summed E-state index contributed by atoms with van der Waals surface area (Å²) in [5.74, 6) is -0.225. The Labute approximate surface area is 76.7 Å². The Morgan fingerprint density at radius 3 is 3.00 bits per heavy atom. The molecule has 0 aromatic carbocycles. The van der Waals surface area contributed by atoms with Crippen LogP contribution >= 0.6 is 12.4 Å². The molecule has 0 aliphatic heterocycles. The van der Waals surface area contributed by atoms with Gasteiger partial charge in [-0.25, -0.2) is 4.98 Å². The van der Waals surface area contributed by atoms with Gasteiger partial charge in [-0.15, -0.1) is 12.4 Å². The van der Waals surface area contributed by atoms with Crippen molar-refractivity contribution in [3.05, 3.63) is 18.2 Å². The molecule has 0 fully saturated rings. The van der Waals surface area contributed by atoms with Crippen LogP contribution in [-0.4, -0.2) is 22.5 Å². The number of halogens is 1. The third-order valence-electron chi connectivity index (χ3n) is 1.19. The summed E-state index contributed by atoms with van der Waals surface area (Å²) < 4.78 is 4.73. The van der Waals surface area contributed by atoms with Crippen LogP contribution in [-0.2, 0) is 16.0 Å².